The van der Waals surface area contributed by atoms with E-state index in [1.54, 1.807) is 0 Å². The minimum Gasteiger partial charge on any atom is -0.341 e. The van der Waals surface area contributed by atoms with Crippen molar-refractivity contribution in [3.8, 4) is 0 Å². The summed E-state index contributed by atoms with van der Waals surface area (Å²) in [6.45, 7) is 4.37. The quantitative estimate of drug-likeness (QED) is 0.836. The van der Waals surface area contributed by atoms with Gasteiger partial charge < -0.3 is 5.32 Å². The molecule has 3 rings (SSSR count). The first-order valence-electron chi connectivity index (χ1n) is 9.75. The fraction of sp³-hybridized carbons (Fsp3) is 0.364. The largest absolute Gasteiger partial charge is 0.341 e. The Bertz CT molecular complexity index is 767. The highest BCUT2D eigenvalue weighted by Gasteiger charge is 2.30. The third kappa shape index (κ3) is 5.41. The minimum absolute atomic E-state index is 0.290. The lowest BCUT2D eigenvalue weighted by Crippen LogP contribution is -2.46. The van der Waals surface area contributed by atoms with E-state index in [-0.39, 0.29) is 5.91 Å². The number of nitrogens with zero attached hydrogens (tertiary/aromatic N) is 2. The molecule has 2 aromatic carbocycles. The number of hydrogen-bond donors (Lipinski definition) is 2. The average molecular weight is 380 g/mol. The van der Waals surface area contributed by atoms with Crippen LogP contribution in [-0.2, 0) is 11.3 Å². The summed E-state index contributed by atoms with van der Waals surface area (Å²) in [4.78, 5) is 29.2. The van der Waals surface area contributed by atoms with Gasteiger partial charge in [0.25, 0.3) is 0 Å². The molecule has 1 atom stereocenters. The van der Waals surface area contributed by atoms with E-state index in [0.717, 1.165) is 44.7 Å². The zero-order valence-corrected chi connectivity index (χ0v) is 16.3. The van der Waals surface area contributed by atoms with E-state index in [1.165, 1.54) is 12.6 Å². The lowest BCUT2D eigenvalue weighted by molar-refractivity contribution is -0.125. The predicted octanol–water partition coefficient (Wildman–Crippen LogP) is 2.39. The van der Waals surface area contributed by atoms with Crippen molar-refractivity contribution in [3.05, 3.63) is 71.8 Å². The van der Waals surface area contributed by atoms with Crippen molar-refractivity contribution in [3.63, 3.8) is 0 Å². The fourth-order valence-corrected chi connectivity index (χ4v) is 3.65. The van der Waals surface area contributed by atoms with Crippen molar-refractivity contribution >= 4 is 11.9 Å². The van der Waals surface area contributed by atoms with Crippen LogP contribution in [0.4, 0.5) is 4.79 Å². The number of carbonyl (C=O) groups excluding carboxylic acids is 2. The Kier molecular flexibility index (Phi) is 7.17. The number of nitrogens with one attached hydrogen (secondary N) is 2. The molecule has 6 heteroatoms. The Hall–Kier alpha value is -2.70. The van der Waals surface area contributed by atoms with Crippen LogP contribution in [0.15, 0.2) is 60.7 Å². The van der Waals surface area contributed by atoms with Crippen LogP contribution in [0, 0.1) is 0 Å². The molecule has 1 unspecified atom stereocenters. The molecule has 0 aliphatic carbocycles. The molecule has 2 N–H and O–H groups in total. The summed E-state index contributed by atoms with van der Waals surface area (Å²) >= 11 is 0. The van der Waals surface area contributed by atoms with Gasteiger partial charge in [0.15, 0.2) is 0 Å². The van der Waals surface area contributed by atoms with Gasteiger partial charge in [-0.2, -0.15) is 0 Å². The second-order valence-electron chi connectivity index (χ2n) is 7.03. The molecule has 0 bridgehead atoms. The summed E-state index contributed by atoms with van der Waals surface area (Å²) in [6, 6.07) is 19.2. The highest BCUT2D eigenvalue weighted by Crippen LogP contribution is 2.23. The van der Waals surface area contributed by atoms with Crippen LogP contribution < -0.4 is 10.6 Å². The lowest BCUT2D eigenvalue weighted by atomic mass is 10.0. The van der Waals surface area contributed by atoms with Gasteiger partial charge in [-0.15, -0.1) is 0 Å². The maximum atomic E-state index is 12.9. The SMILES string of the molecule is CNC(=O)NC(=O)C(c1ccccc1)N1CCCN(Cc2ccccc2)CC1. The van der Waals surface area contributed by atoms with E-state index in [0.29, 0.717) is 0 Å². The van der Waals surface area contributed by atoms with Gasteiger partial charge in [0.05, 0.1) is 0 Å². The van der Waals surface area contributed by atoms with Gasteiger partial charge in [0.2, 0.25) is 5.91 Å². The van der Waals surface area contributed by atoms with Gasteiger partial charge in [0, 0.05) is 33.2 Å². The smallest absolute Gasteiger partial charge is 0.321 e. The number of benzene rings is 2. The van der Waals surface area contributed by atoms with Crippen molar-refractivity contribution in [1.29, 1.82) is 0 Å². The van der Waals surface area contributed by atoms with Crippen LogP contribution >= 0.6 is 0 Å². The molecule has 1 aliphatic heterocycles. The van der Waals surface area contributed by atoms with Crippen molar-refractivity contribution < 1.29 is 9.59 Å². The highest BCUT2D eigenvalue weighted by molar-refractivity contribution is 5.97. The van der Waals surface area contributed by atoms with Crippen LogP contribution in [0.3, 0.4) is 0 Å². The van der Waals surface area contributed by atoms with E-state index in [2.05, 4.69) is 44.7 Å². The third-order valence-corrected chi connectivity index (χ3v) is 5.06. The van der Waals surface area contributed by atoms with Gasteiger partial charge >= 0.3 is 6.03 Å². The molecular formula is C22H28N4O2. The Morgan fingerprint density at radius 3 is 2.29 bits per heavy atom. The van der Waals surface area contributed by atoms with E-state index in [4.69, 9.17) is 0 Å². The van der Waals surface area contributed by atoms with E-state index in [9.17, 15) is 9.59 Å². The second kappa shape index (κ2) is 10.0. The summed E-state index contributed by atoms with van der Waals surface area (Å²) in [6.07, 6.45) is 0.976. The summed E-state index contributed by atoms with van der Waals surface area (Å²) in [7, 11) is 1.51. The average Bonchev–Trinajstić information content (AvgIpc) is 2.95. The topological polar surface area (TPSA) is 64.7 Å². The molecule has 1 aliphatic rings. The number of rotatable bonds is 5. The molecule has 1 fully saturated rings. The first-order valence-corrected chi connectivity index (χ1v) is 9.75. The van der Waals surface area contributed by atoms with Crippen LogP contribution in [-0.4, -0.2) is 55.0 Å². The zero-order chi connectivity index (χ0) is 19.8. The monoisotopic (exact) mass is 380 g/mol. The molecule has 2 aromatic rings. The van der Waals surface area contributed by atoms with Crippen molar-refractivity contribution in [2.45, 2.75) is 19.0 Å². The standard InChI is InChI=1S/C22H28N4O2/c1-23-22(28)24-21(27)20(19-11-6-3-7-12-19)26-14-8-13-25(15-16-26)17-18-9-4-2-5-10-18/h2-7,9-12,20H,8,13-17H2,1H3,(H2,23,24,27,28). The van der Waals surface area contributed by atoms with Gasteiger partial charge in [0.1, 0.15) is 6.04 Å². The van der Waals surface area contributed by atoms with Gasteiger partial charge in [-0.05, 0) is 24.1 Å². The summed E-state index contributed by atoms with van der Waals surface area (Å²) < 4.78 is 0. The first kappa shape index (κ1) is 20.0. The van der Waals surface area contributed by atoms with Crippen LogP contribution in [0.25, 0.3) is 0 Å². The van der Waals surface area contributed by atoms with Gasteiger partial charge in [-0.25, -0.2) is 4.79 Å². The van der Waals surface area contributed by atoms with E-state index < -0.39 is 12.1 Å². The molecular weight excluding hydrogens is 352 g/mol. The lowest BCUT2D eigenvalue weighted by Gasteiger charge is -2.30. The Labute approximate surface area is 166 Å². The Morgan fingerprint density at radius 1 is 0.929 bits per heavy atom. The second-order valence-corrected chi connectivity index (χ2v) is 7.03. The minimum atomic E-state index is -0.480. The molecule has 0 radical (unpaired) electrons. The number of hydrogen-bond acceptors (Lipinski definition) is 4. The molecule has 0 spiro atoms. The first-order chi connectivity index (χ1) is 13.7. The molecule has 1 heterocycles. The predicted molar refractivity (Wildman–Crippen MR) is 110 cm³/mol. The summed E-state index contributed by atoms with van der Waals surface area (Å²) in [5, 5.41) is 4.91. The molecule has 6 nitrogen and oxygen atoms in total. The van der Waals surface area contributed by atoms with Crippen molar-refractivity contribution in [2.75, 3.05) is 33.2 Å². The molecule has 1 saturated heterocycles. The maximum absolute atomic E-state index is 12.9. The van der Waals surface area contributed by atoms with E-state index >= 15 is 0 Å². The van der Waals surface area contributed by atoms with Crippen molar-refractivity contribution in [1.82, 2.24) is 20.4 Å². The van der Waals surface area contributed by atoms with Crippen LogP contribution in [0.2, 0.25) is 0 Å². The van der Waals surface area contributed by atoms with Gasteiger partial charge in [-0.1, -0.05) is 60.7 Å². The summed E-state index contributed by atoms with van der Waals surface area (Å²) in [5.41, 5.74) is 2.20. The summed E-state index contributed by atoms with van der Waals surface area (Å²) in [5.74, 6) is -0.290. The fourth-order valence-electron chi connectivity index (χ4n) is 3.65. The normalized spacial score (nSPS) is 16.8. The van der Waals surface area contributed by atoms with E-state index in [1.807, 2.05) is 36.4 Å². The van der Waals surface area contributed by atoms with Crippen LogP contribution in [0.5, 0.6) is 0 Å². The Morgan fingerprint density at radius 2 is 1.61 bits per heavy atom. The number of imide groups is 1. The molecule has 0 saturated carbocycles. The zero-order valence-electron chi connectivity index (χ0n) is 16.3. The third-order valence-electron chi connectivity index (χ3n) is 5.06. The van der Waals surface area contributed by atoms with Crippen molar-refractivity contribution in [2.24, 2.45) is 0 Å². The molecule has 0 aromatic heterocycles. The molecule has 148 valence electrons. The number of amides is 3. The number of carbonyl (C=O) groups is 2. The van der Waals surface area contributed by atoms with Crippen LogP contribution in [0.1, 0.15) is 23.6 Å². The molecule has 3 amide bonds. The maximum Gasteiger partial charge on any atom is 0.321 e. The molecule has 28 heavy (non-hydrogen) atoms. The number of urea groups is 1. The highest BCUT2D eigenvalue weighted by atomic mass is 16.2. The Balaban J connectivity index is 1.71. The van der Waals surface area contributed by atoms with Gasteiger partial charge in [-0.3, -0.25) is 19.9 Å².